The van der Waals surface area contributed by atoms with E-state index in [2.05, 4.69) is 0 Å². The molecule has 2 rings (SSSR count). The molecule has 2 aromatic carbocycles. The van der Waals surface area contributed by atoms with Gasteiger partial charge in [0.15, 0.2) is 0 Å². The average molecular weight is 336 g/mol. The van der Waals surface area contributed by atoms with Crippen molar-refractivity contribution in [1.29, 1.82) is 0 Å². The fraction of sp³-hybridized carbons (Fsp3) is 0.188. The minimum Gasteiger partial charge on any atom is -0.490 e. The van der Waals surface area contributed by atoms with Gasteiger partial charge in [-0.2, -0.15) is 0 Å². The summed E-state index contributed by atoms with van der Waals surface area (Å²) in [5.41, 5.74) is 0.710. The van der Waals surface area contributed by atoms with Gasteiger partial charge in [-0.05, 0) is 30.7 Å². The lowest BCUT2D eigenvalue weighted by atomic mass is 10.2. The van der Waals surface area contributed by atoms with Crippen LogP contribution in [0.4, 0.5) is 5.69 Å². The van der Waals surface area contributed by atoms with Crippen molar-refractivity contribution in [3.8, 4) is 5.75 Å². The van der Waals surface area contributed by atoms with Gasteiger partial charge in [0.1, 0.15) is 24.0 Å². The summed E-state index contributed by atoms with van der Waals surface area (Å²) in [6.07, 6.45) is 0. The van der Waals surface area contributed by atoms with Crippen LogP contribution < -0.4 is 4.74 Å². The number of ether oxygens (including phenoxy) is 2. The van der Waals surface area contributed by atoms with Crippen LogP contribution >= 0.6 is 11.6 Å². The summed E-state index contributed by atoms with van der Waals surface area (Å²) < 4.78 is 10.5. The standard InChI is InChI=1S/C16H14ClNO5/c1-11-4-2-3-5-15(11)22-8-9-23-16(19)12-6-7-13(17)14(10-12)18(20)21/h2-7,10H,8-9H2,1H3. The SMILES string of the molecule is Cc1ccccc1OCCOC(=O)c1ccc(Cl)c([N+](=O)[O-])c1. The van der Waals surface area contributed by atoms with Gasteiger partial charge in [-0.1, -0.05) is 29.8 Å². The van der Waals surface area contributed by atoms with Crippen molar-refractivity contribution in [2.45, 2.75) is 6.92 Å². The summed E-state index contributed by atoms with van der Waals surface area (Å²) in [5.74, 6) is 0.0452. The highest BCUT2D eigenvalue weighted by Gasteiger charge is 2.17. The molecule has 0 N–H and O–H groups in total. The fourth-order valence-corrected chi connectivity index (χ4v) is 2.05. The first kappa shape index (κ1) is 16.8. The number of carbonyl (C=O) groups is 1. The van der Waals surface area contributed by atoms with Crippen molar-refractivity contribution in [1.82, 2.24) is 0 Å². The maximum atomic E-state index is 11.9. The number of nitrogens with zero attached hydrogens (tertiary/aromatic N) is 1. The van der Waals surface area contributed by atoms with Crippen molar-refractivity contribution in [2.24, 2.45) is 0 Å². The van der Waals surface area contributed by atoms with Crippen LogP contribution in [0.3, 0.4) is 0 Å². The first-order valence-electron chi connectivity index (χ1n) is 6.78. The quantitative estimate of drug-likeness (QED) is 0.347. The van der Waals surface area contributed by atoms with E-state index in [0.717, 1.165) is 11.6 Å². The number of rotatable bonds is 6. The molecule has 0 saturated carbocycles. The molecule has 0 heterocycles. The molecular weight excluding hydrogens is 322 g/mol. The first-order valence-corrected chi connectivity index (χ1v) is 7.16. The average Bonchev–Trinajstić information content (AvgIpc) is 2.53. The number of nitro groups is 1. The summed E-state index contributed by atoms with van der Waals surface area (Å²) in [5, 5.41) is 10.8. The molecule has 0 aromatic heterocycles. The summed E-state index contributed by atoms with van der Waals surface area (Å²) in [6, 6.07) is 11.2. The number of nitro benzene ring substituents is 1. The van der Waals surface area contributed by atoms with Crippen molar-refractivity contribution in [3.05, 3.63) is 68.7 Å². The van der Waals surface area contributed by atoms with E-state index in [1.54, 1.807) is 0 Å². The lowest BCUT2D eigenvalue weighted by molar-refractivity contribution is -0.384. The van der Waals surface area contributed by atoms with Crippen LogP contribution in [0.25, 0.3) is 0 Å². The van der Waals surface area contributed by atoms with Crippen LogP contribution in [0, 0.1) is 17.0 Å². The predicted molar refractivity (Wildman–Crippen MR) is 85.1 cm³/mol. The second kappa shape index (κ2) is 7.60. The maximum absolute atomic E-state index is 11.9. The van der Waals surface area contributed by atoms with Gasteiger partial charge in [-0.15, -0.1) is 0 Å². The number of hydrogen-bond acceptors (Lipinski definition) is 5. The summed E-state index contributed by atoms with van der Waals surface area (Å²) in [6.45, 7) is 2.13. The molecule has 0 spiro atoms. The second-order valence-electron chi connectivity index (χ2n) is 4.67. The maximum Gasteiger partial charge on any atom is 0.338 e. The van der Waals surface area contributed by atoms with E-state index >= 15 is 0 Å². The van der Waals surface area contributed by atoms with E-state index in [1.165, 1.54) is 12.1 Å². The van der Waals surface area contributed by atoms with Crippen molar-refractivity contribution in [2.75, 3.05) is 13.2 Å². The molecule has 0 radical (unpaired) electrons. The van der Waals surface area contributed by atoms with E-state index in [1.807, 2.05) is 31.2 Å². The first-order chi connectivity index (χ1) is 11.0. The van der Waals surface area contributed by atoms with Gasteiger partial charge in [-0.3, -0.25) is 10.1 Å². The van der Waals surface area contributed by atoms with Crippen LogP contribution in [-0.4, -0.2) is 24.1 Å². The molecule has 0 unspecified atom stereocenters. The normalized spacial score (nSPS) is 10.2. The van der Waals surface area contributed by atoms with Crippen LogP contribution in [0.5, 0.6) is 5.75 Å². The second-order valence-corrected chi connectivity index (χ2v) is 5.08. The molecule has 0 saturated heterocycles. The molecule has 120 valence electrons. The molecular formula is C16H14ClNO5. The summed E-state index contributed by atoms with van der Waals surface area (Å²) in [7, 11) is 0. The number of carbonyl (C=O) groups excluding carboxylic acids is 1. The Morgan fingerprint density at radius 3 is 2.65 bits per heavy atom. The van der Waals surface area contributed by atoms with Gasteiger partial charge in [0.2, 0.25) is 0 Å². The Bertz CT molecular complexity index is 732. The van der Waals surface area contributed by atoms with E-state index in [9.17, 15) is 14.9 Å². The molecule has 0 aliphatic heterocycles. The highest BCUT2D eigenvalue weighted by atomic mass is 35.5. The van der Waals surface area contributed by atoms with Gasteiger partial charge in [0.25, 0.3) is 5.69 Å². The number of para-hydroxylation sites is 1. The molecule has 0 amide bonds. The lowest BCUT2D eigenvalue weighted by Gasteiger charge is -2.09. The van der Waals surface area contributed by atoms with E-state index < -0.39 is 10.9 Å². The Hall–Kier alpha value is -2.60. The molecule has 6 nitrogen and oxygen atoms in total. The molecule has 2 aromatic rings. The molecule has 0 atom stereocenters. The molecule has 0 aliphatic carbocycles. The molecule has 7 heteroatoms. The Balaban J connectivity index is 1.89. The van der Waals surface area contributed by atoms with Gasteiger partial charge in [0.05, 0.1) is 10.5 Å². The smallest absolute Gasteiger partial charge is 0.338 e. The van der Waals surface area contributed by atoms with Gasteiger partial charge in [0, 0.05) is 6.07 Å². The van der Waals surface area contributed by atoms with Crippen LogP contribution in [-0.2, 0) is 4.74 Å². The third-order valence-corrected chi connectivity index (χ3v) is 3.37. The molecule has 23 heavy (non-hydrogen) atoms. The topological polar surface area (TPSA) is 78.7 Å². The minimum atomic E-state index is -0.668. The number of aryl methyl sites for hydroxylation is 1. The fourth-order valence-electron chi connectivity index (χ4n) is 1.87. The zero-order chi connectivity index (χ0) is 16.8. The van der Waals surface area contributed by atoms with Crippen molar-refractivity contribution >= 4 is 23.3 Å². The van der Waals surface area contributed by atoms with E-state index in [4.69, 9.17) is 21.1 Å². The highest BCUT2D eigenvalue weighted by Crippen LogP contribution is 2.25. The van der Waals surface area contributed by atoms with Gasteiger partial charge < -0.3 is 9.47 Å². The Kier molecular flexibility index (Phi) is 5.54. The van der Waals surface area contributed by atoms with E-state index in [-0.39, 0.29) is 29.5 Å². The number of halogens is 1. The number of benzene rings is 2. The third-order valence-electron chi connectivity index (χ3n) is 3.05. The molecule has 0 bridgehead atoms. The lowest BCUT2D eigenvalue weighted by Crippen LogP contribution is -2.13. The van der Waals surface area contributed by atoms with Crippen LogP contribution in [0.1, 0.15) is 15.9 Å². The Labute approximate surface area is 137 Å². The Morgan fingerprint density at radius 1 is 1.22 bits per heavy atom. The van der Waals surface area contributed by atoms with E-state index in [0.29, 0.717) is 5.75 Å². The van der Waals surface area contributed by atoms with Gasteiger partial charge in [-0.25, -0.2) is 4.79 Å². The number of esters is 1. The third kappa shape index (κ3) is 4.43. The summed E-state index contributed by atoms with van der Waals surface area (Å²) >= 11 is 5.69. The monoisotopic (exact) mass is 335 g/mol. The minimum absolute atomic E-state index is 0.0313. The van der Waals surface area contributed by atoms with Crippen LogP contribution in [0.15, 0.2) is 42.5 Å². The zero-order valence-corrected chi connectivity index (χ0v) is 13.1. The van der Waals surface area contributed by atoms with Crippen molar-refractivity contribution in [3.63, 3.8) is 0 Å². The largest absolute Gasteiger partial charge is 0.490 e. The summed E-state index contributed by atoms with van der Waals surface area (Å²) in [4.78, 5) is 22.0. The number of hydrogen-bond donors (Lipinski definition) is 0. The molecule has 0 fully saturated rings. The highest BCUT2D eigenvalue weighted by molar-refractivity contribution is 6.32. The van der Waals surface area contributed by atoms with Gasteiger partial charge >= 0.3 is 5.97 Å². The van der Waals surface area contributed by atoms with Crippen LogP contribution in [0.2, 0.25) is 5.02 Å². The molecule has 0 aliphatic rings. The predicted octanol–water partition coefficient (Wildman–Crippen LogP) is 3.79. The van der Waals surface area contributed by atoms with Crippen molar-refractivity contribution < 1.29 is 19.2 Å². The Morgan fingerprint density at radius 2 is 1.96 bits per heavy atom. The zero-order valence-electron chi connectivity index (χ0n) is 12.3.